The van der Waals surface area contributed by atoms with Crippen LogP contribution >= 0.6 is 11.6 Å². The summed E-state index contributed by atoms with van der Waals surface area (Å²) >= 11 is 6.14. The number of aromatic hydroxyl groups is 1. The highest BCUT2D eigenvalue weighted by Gasteiger charge is 2.53. The Morgan fingerprint density at radius 3 is 2.33 bits per heavy atom. The van der Waals surface area contributed by atoms with Gasteiger partial charge in [0.05, 0.1) is 45.3 Å². The Morgan fingerprint density at radius 1 is 0.907 bits per heavy atom. The number of piperazine rings is 1. The fourth-order valence-electron chi connectivity index (χ4n) is 8.24. The number of pyridine rings is 1. The zero-order valence-corrected chi connectivity index (χ0v) is 29.7. The maximum Gasteiger partial charge on any atom is 0.260 e. The first-order chi connectivity index (χ1) is 26.0. The van der Waals surface area contributed by atoms with E-state index in [1.807, 2.05) is 18.2 Å². The second-order valence-corrected chi connectivity index (χ2v) is 14.1. The Bertz CT molecular complexity index is 2910. The van der Waals surface area contributed by atoms with Gasteiger partial charge in [-0.25, -0.2) is 0 Å². The number of methoxy groups -OCH3 is 1. The van der Waals surface area contributed by atoms with Crippen LogP contribution in [0.4, 0.5) is 5.69 Å². The van der Waals surface area contributed by atoms with E-state index in [-0.39, 0.29) is 23.8 Å². The van der Waals surface area contributed by atoms with E-state index in [0.29, 0.717) is 28.3 Å². The number of aromatic nitrogens is 1. The number of hydrogen-bond donors (Lipinski definition) is 4. The van der Waals surface area contributed by atoms with Gasteiger partial charge >= 0.3 is 0 Å². The average molecular weight is 753 g/mol. The van der Waals surface area contributed by atoms with E-state index in [2.05, 4.69) is 26.0 Å². The molecule has 8 rings (SSSR count). The first-order valence-corrected chi connectivity index (χ1v) is 17.7. The number of rotatable bonds is 8. The SMILES string of the molecule is COc1cc(=O)c2c(=O)c3c(c(=O)c=2c1=O)=C(O)C1(CCc2cc4cc(C=NOCCCN5CCN(c6cccc(Cl)c6)CC5)[nH]c(=O)c4c(O)c21)C=3O. The van der Waals surface area contributed by atoms with Gasteiger partial charge in [-0.2, -0.15) is 0 Å². The van der Waals surface area contributed by atoms with Crippen LogP contribution in [-0.4, -0.2) is 77.9 Å². The van der Waals surface area contributed by atoms with Crippen LogP contribution in [0.5, 0.6) is 11.5 Å². The summed E-state index contributed by atoms with van der Waals surface area (Å²) in [5.74, 6) is -2.54. The largest absolute Gasteiger partial charge is 0.510 e. The fourth-order valence-corrected chi connectivity index (χ4v) is 8.42. The zero-order chi connectivity index (χ0) is 38.1. The van der Waals surface area contributed by atoms with Crippen LogP contribution in [0.3, 0.4) is 0 Å². The summed E-state index contributed by atoms with van der Waals surface area (Å²) < 4.78 is 4.92. The van der Waals surface area contributed by atoms with Gasteiger partial charge in [0.2, 0.25) is 16.3 Å². The topological polar surface area (TPSA) is 199 Å². The Labute approximate surface area is 309 Å². The number of ether oxygens (including phenoxy) is 1. The quantitative estimate of drug-likeness (QED) is 0.0987. The number of aliphatic hydroxyl groups is 2. The van der Waals surface area contributed by atoms with Gasteiger partial charge in [-0.1, -0.05) is 28.9 Å². The lowest BCUT2D eigenvalue weighted by molar-refractivity contribution is 0.128. The standard InChI is InChI=1S/C39H33ClN4O10/c1-53-25-17-24(45)27-28(32(25)46)34(48)30-29(33(27)47)36(50)39(37(30)51)7-6-19-14-20-15-22(42-38(52)26(20)35(49)31(19)39)18-41-54-13-3-8-43-9-11-44(12-10-43)23-5-2-4-21(40)16-23/h2,4-5,14-18,49-51H,3,6-13H2,1H3,(H,42,52). The minimum atomic E-state index is -1.98. The molecule has 4 N–H and O–H groups in total. The molecular formula is C39H33ClN4O10. The molecule has 4 aliphatic carbocycles. The molecule has 276 valence electrons. The van der Waals surface area contributed by atoms with Crippen molar-refractivity contribution in [3.8, 4) is 11.5 Å². The number of phenols is 1. The summed E-state index contributed by atoms with van der Waals surface area (Å²) in [5, 5.41) is 37.0. The Balaban J connectivity index is 1.03. The molecule has 0 saturated carbocycles. The molecule has 1 spiro atoms. The number of nitrogens with zero attached hydrogens (tertiary/aromatic N) is 3. The summed E-state index contributed by atoms with van der Waals surface area (Å²) in [4.78, 5) is 79.4. The number of nitrogens with one attached hydrogen (secondary N) is 1. The molecule has 3 aromatic rings. The molecule has 0 bridgehead atoms. The zero-order valence-electron chi connectivity index (χ0n) is 28.9. The third-order valence-electron chi connectivity index (χ3n) is 10.8. The first kappa shape index (κ1) is 35.1. The third kappa shape index (κ3) is 5.27. The van der Waals surface area contributed by atoms with E-state index >= 15 is 0 Å². The number of aryl methyl sites for hydroxylation is 1. The average Bonchev–Trinajstić information content (AvgIpc) is 3.65. The molecule has 1 saturated heterocycles. The van der Waals surface area contributed by atoms with Gasteiger partial charge in [-0.15, -0.1) is 0 Å². The number of hydrogen-bond acceptors (Lipinski definition) is 13. The molecule has 1 fully saturated rings. The fraction of sp³-hybridized carbons (Fsp3) is 0.282. The van der Waals surface area contributed by atoms with E-state index < -0.39 is 76.6 Å². The summed E-state index contributed by atoms with van der Waals surface area (Å²) in [5.41, 5.74) is -5.13. The monoisotopic (exact) mass is 752 g/mol. The van der Waals surface area contributed by atoms with Crippen molar-refractivity contribution in [2.24, 2.45) is 5.16 Å². The summed E-state index contributed by atoms with van der Waals surface area (Å²) in [6, 6.07) is 11.8. The van der Waals surface area contributed by atoms with Crippen molar-refractivity contribution in [1.82, 2.24) is 9.88 Å². The number of anilines is 1. The maximum atomic E-state index is 13.7. The predicted octanol–water partition coefficient (Wildman–Crippen LogP) is 0.730. The van der Waals surface area contributed by atoms with Crippen LogP contribution in [0.25, 0.3) is 22.3 Å². The third-order valence-corrected chi connectivity index (χ3v) is 11.0. The summed E-state index contributed by atoms with van der Waals surface area (Å²) in [6.07, 6.45) is 2.15. The molecule has 1 aliphatic heterocycles. The van der Waals surface area contributed by atoms with Crippen LogP contribution in [-0.2, 0) is 16.7 Å². The van der Waals surface area contributed by atoms with Crippen molar-refractivity contribution >= 4 is 45.8 Å². The summed E-state index contributed by atoms with van der Waals surface area (Å²) in [7, 11) is 1.12. The Kier molecular flexibility index (Phi) is 8.53. The van der Waals surface area contributed by atoms with Gasteiger partial charge in [-0.05, 0) is 54.5 Å². The molecular weight excluding hydrogens is 720 g/mol. The van der Waals surface area contributed by atoms with Crippen molar-refractivity contribution in [1.29, 1.82) is 0 Å². The van der Waals surface area contributed by atoms with E-state index in [1.165, 1.54) is 6.21 Å². The lowest BCUT2D eigenvalue weighted by Crippen LogP contribution is -2.51. The number of oxime groups is 1. The highest BCUT2D eigenvalue weighted by atomic mass is 35.5. The molecule has 0 amide bonds. The van der Waals surface area contributed by atoms with Crippen LogP contribution in [0.15, 0.2) is 71.6 Å². The molecule has 1 unspecified atom stereocenters. The van der Waals surface area contributed by atoms with Crippen molar-refractivity contribution in [3.63, 3.8) is 0 Å². The highest BCUT2D eigenvalue weighted by Crippen LogP contribution is 2.54. The number of H-pyrrole nitrogens is 1. The maximum absolute atomic E-state index is 13.7. The van der Waals surface area contributed by atoms with Gasteiger partial charge < -0.3 is 34.8 Å². The number of aliphatic hydroxyl groups excluding tert-OH is 2. The van der Waals surface area contributed by atoms with E-state index in [4.69, 9.17) is 21.2 Å². The van der Waals surface area contributed by atoms with Gasteiger partial charge in [0.1, 0.15) is 29.3 Å². The van der Waals surface area contributed by atoms with Gasteiger partial charge in [-0.3, -0.25) is 28.9 Å². The summed E-state index contributed by atoms with van der Waals surface area (Å²) in [6.45, 7) is 4.79. The van der Waals surface area contributed by atoms with E-state index in [0.717, 1.165) is 58.0 Å². The molecule has 2 heterocycles. The normalized spacial score (nSPS) is 18.4. The predicted molar refractivity (Wildman–Crippen MR) is 202 cm³/mol. The Morgan fingerprint density at radius 2 is 1.63 bits per heavy atom. The van der Waals surface area contributed by atoms with Crippen LogP contribution in [0, 0.1) is 10.4 Å². The van der Waals surface area contributed by atoms with Crippen LogP contribution < -0.4 is 47.3 Å². The number of aromatic amines is 1. The smallest absolute Gasteiger partial charge is 0.260 e. The van der Waals surface area contributed by atoms with Gasteiger partial charge in [0, 0.05) is 55.1 Å². The van der Waals surface area contributed by atoms with Crippen molar-refractivity contribution in [3.05, 3.63) is 136 Å². The molecule has 0 radical (unpaired) electrons. The Hall–Kier alpha value is -5.99. The van der Waals surface area contributed by atoms with Gasteiger partial charge in [0.15, 0.2) is 11.2 Å². The van der Waals surface area contributed by atoms with Crippen molar-refractivity contribution < 1.29 is 24.9 Å². The molecule has 1 aromatic heterocycles. The molecule has 14 nitrogen and oxygen atoms in total. The molecule has 15 heteroatoms. The lowest BCUT2D eigenvalue weighted by Gasteiger charge is -2.36. The number of phenolic OH excluding ortho intramolecular Hbond substituents is 1. The number of benzene rings is 2. The molecule has 2 aromatic carbocycles. The second kappa shape index (κ2) is 13.1. The van der Waals surface area contributed by atoms with Crippen LogP contribution in [0.2, 0.25) is 5.02 Å². The van der Waals surface area contributed by atoms with Gasteiger partial charge in [0.25, 0.3) is 5.56 Å². The van der Waals surface area contributed by atoms with E-state index in [1.54, 1.807) is 12.1 Å². The lowest BCUT2D eigenvalue weighted by atomic mass is 9.78. The molecule has 54 heavy (non-hydrogen) atoms. The number of fused-ring (bicyclic) bond motifs is 4. The molecule has 5 aliphatic rings. The molecule has 1 atom stereocenters. The minimum Gasteiger partial charge on any atom is -0.510 e. The van der Waals surface area contributed by atoms with Crippen LogP contribution in [0.1, 0.15) is 29.7 Å². The van der Waals surface area contributed by atoms with E-state index in [9.17, 15) is 39.3 Å². The minimum absolute atomic E-state index is 0.0625. The second-order valence-electron chi connectivity index (χ2n) is 13.7. The van der Waals surface area contributed by atoms with Crippen molar-refractivity contribution in [2.75, 3.05) is 51.3 Å². The first-order valence-electron chi connectivity index (χ1n) is 17.3. The number of halogens is 1. The highest BCUT2D eigenvalue weighted by molar-refractivity contribution is 6.30. The van der Waals surface area contributed by atoms with Crippen molar-refractivity contribution in [2.45, 2.75) is 24.7 Å².